The minimum absolute atomic E-state index is 0.0316. The van der Waals surface area contributed by atoms with Crippen molar-refractivity contribution >= 4 is 5.97 Å². The first-order valence-corrected chi connectivity index (χ1v) is 7.42. The van der Waals surface area contributed by atoms with Gasteiger partial charge in [-0.05, 0) is 17.4 Å². The second-order valence-corrected chi connectivity index (χ2v) is 6.49. The van der Waals surface area contributed by atoms with E-state index in [0.29, 0.717) is 13.0 Å². The van der Waals surface area contributed by atoms with Crippen molar-refractivity contribution in [3.63, 3.8) is 0 Å². The number of carboxylic acids is 1. The van der Waals surface area contributed by atoms with Crippen molar-refractivity contribution in [1.82, 2.24) is 10.2 Å². The van der Waals surface area contributed by atoms with E-state index in [-0.39, 0.29) is 17.2 Å². The molecule has 2 aromatic rings. The predicted molar refractivity (Wildman–Crippen MR) is 81.8 cm³/mol. The van der Waals surface area contributed by atoms with E-state index < -0.39 is 5.97 Å². The standard InChI is InChI=1S/C17H20N2O3/c1-17(2)9-13-12(15(16(20)21)19-18-13)8-14(17)22-10-11-6-4-3-5-7-11/h3-7,14H,8-10H2,1-2H3,(H,18,19)(H,20,21). The van der Waals surface area contributed by atoms with Gasteiger partial charge in [0.15, 0.2) is 5.69 Å². The molecule has 3 rings (SSSR count). The van der Waals surface area contributed by atoms with Gasteiger partial charge in [0.1, 0.15) is 0 Å². The van der Waals surface area contributed by atoms with Gasteiger partial charge in [0.2, 0.25) is 0 Å². The lowest BCUT2D eigenvalue weighted by atomic mass is 9.74. The number of carbonyl (C=O) groups is 1. The van der Waals surface area contributed by atoms with Gasteiger partial charge >= 0.3 is 5.97 Å². The van der Waals surface area contributed by atoms with Gasteiger partial charge in [0.05, 0.1) is 12.7 Å². The Morgan fingerprint density at radius 1 is 1.41 bits per heavy atom. The number of hydrogen-bond acceptors (Lipinski definition) is 3. The Hall–Kier alpha value is -2.14. The molecule has 1 aliphatic rings. The molecule has 116 valence electrons. The van der Waals surface area contributed by atoms with E-state index in [0.717, 1.165) is 23.2 Å². The Balaban J connectivity index is 1.79. The fourth-order valence-corrected chi connectivity index (χ4v) is 3.03. The molecule has 0 saturated carbocycles. The van der Waals surface area contributed by atoms with E-state index in [1.807, 2.05) is 30.3 Å². The molecule has 0 radical (unpaired) electrons. The number of rotatable bonds is 4. The van der Waals surface area contributed by atoms with Crippen LogP contribution in [-0.4, -0.2) is 27.4 Å². The number of fused-ring (bicyclic) bond motifs is 1. The average molecular weight is 300 g/mol. The summed E-state index contributed by atoms with van der Waals surface area (Å²) in [5, 5.41) is 16.0. The third-order valence-corrected chi connectivity index (χ3v) is 4.34. The molecule has 1 atom stereocenters. The van der Waals surface area contributed by atoms with Gasteiger partial charge in [-0.2, -0.15) is 5.10 Å². The zero-order valence-electron chi connectivity index (χ0n) is 12.8. The van der Waals surface area contributed by atoms with Gasteiger partial charge in [-0.15, -0.1) is 0 Å². The largest absolute Gasteiger partial charge is 0.476 e. The van der Waals surface area contributed by atoms with Crippen molar-refractivity contribution in [3.8, 4) is 0 Å². The number of nitrogens with zero attached hydrogens (tertiary/aromatic N) is 1. The van der Waals surface area contributed by atoms with Crippen LogP contribution in [0.2, 0.25) is 0 Å². The van der Waals surface area contributed by atoms with E-state index in [1.54, 1.807) is 0 Å². The fourth-order valence-electron chi connectivity index (χ4n) is 3.03. The lowest BCUT2D eigenvalue weighted by Crippen LogP contribution is -2.39. The van der Waals surface area contributed by atoms with Crippen LogP contribution in [0.3, 0.4) is 0 Å². The van der Waals surface area contributed by atoms with Gasteiger partial charge in [-0.1, -0.05) is 44.2 Å². The summed E-state index contributed by atoms with van der Waals surface area (Å²) in [4.78, 5) is 11.3. The molecule has 0 amide bonds. The van der Waals surface area contributed by atoms with Crippen molar-refractivity contribution in [1.29, 1.82) is 0 Å². The number of H-pyrrole nitrogens is 1. The van der Waals surface area contributed by atoms with Crippen LogP contribution < -0.4 is 0 Å². The van der Waals surface area contributed by atoms with Crippen LogP contribution in [0.1, 0.15) is 41.2 Å². The van der Waals surface area contributed by atoms with Gasteiger partial charge in [-0.25, -0.2) is 4.79 Å². The maximum atomic E-state index is 11.3. The molecule has 0 spiro atoms. The van der Waals surface area contributed by atoms with E-state index in [9.17, 15) is 9.90 Å². The minimum Gasteiger partial charge on any atom is -0.476 e. The highest BCUT2D eigenvalue weighted by Crippen LogP contribution is 2.37. The van der Waals surface area contributed by atoms with Crippen LogP contribution in [0, 0.1) is 5.41 Å². The van der Waals surface area contributed by atoms with Crippen LogP contribution in [0.5, 0.6) is 0 Å². The number of ether oxygens (including phenoxy) is 1. The zero-order chi connectivity index (χ0) is 15.7. The average Bonchev–Trinajstić information content (AvgIpc) is 2.87. The lowest BCUT2D eigenvalue weighted by molar-refractivity contribution is -0.0409. The van der Waals surface area contributed by atoms with E-state index in [1.165, 1.54) is 0 Å². The molecule has 5 nitrogen and oxygen atoms in total. The lowest BCUT2D eigenvalue weighted by Gasteiger charge is -2.38. The number of aromatic carboxylic acids is 1. The molecule has 0 saturated heterocycles. The summed E-state index contributed by atoms with van der Waals surface area (Å²) in [6, 6.07) is 10.0. The first kappa shape index (κ1) is 14.8. The summed E-state index contributed by atoms with van der Waals surface area (Å²) in [6.45, 7) is 4.82. The summed E-state index contributed by atoms with van der Waals surface area (Å²) in [5.74, 6) is -0.987. The van der Waals surface area contributed by atoms with E-state index in [4.69, 9.17) is 4.74 Å². The van der Waals surface area contributed by atoms with Crippen LogP contribution in [0.15, 0.2) is 30.3 Å². The normalized spacial score (nSPS) is 19.6. The van der Waals surface area contributed by atoms with Crippen LogP contribution in [-0.2, 0) is 24.2 Å². The van der Waals surface area contributed by atoms with Crippen molar-refractivity contribution in [2.75, 3.05) is 0 Å². The van der Waals surface area contributed by atoms with E-state index in [2.05, 4.69) is 24.0 Å². The molecular weight excluding hydrogens is 280 g/mol. The molecule has 1 aliphatic carbocycles. The summed E-state index contributed by atoms with van der Waals surface area (Å²) in [6.07, 6.45) is 1.28. The maximum absolute atomic E-state index is 11.3. The summed E-state index contributed by atoms with van der Waals surface area (Å²) < 4.78 is 6.11. The summed E-state index contributed by atoms with van der Waals surface area (Å²) >= 11 is 0. The number of nitrogens with one attached hydrogen (secondary N) is 1. The molecule has 0 aliphatic heterocycles. The first-order chi connectivity index (χ1) is 10.5. The Kier molecular flexibility index (Phi) is 3.74. The molecule has 0 fully saturated rings. The van der Waals surface area contributed by atoms with Gasteiger partial charge in [0, 0.05) is 17.7 Å². The quantitative estimate of drug-likeness (QED) is 0.910. The zero-order valence-corrected chi connectivity index (χ0v) is 12.8. The second kappa shape index (κ2) is 5.57. The van der Waals surface area contributed by atoms with Crippen LogP contribution >= 0.6 is 0 Å². The highest BCUT2D eigenvalue weighted by atomic mass is 16.5. The number of aromatic nitrogens is 2. The van der Waals surface area contributed by atoms with Crippen molar-refractivity contribution < 1.29 is 14.6 Å². The third kappa shape index (κ3) is 2.76. The topological polar surface area (TPSA) is 75.2 Å². The second-order valence-electron chi connectivity index (χ2n) is 6.49. The number of hydrogen-bond donors (Lipinski definition) is 2. The number of benzene rings is 1. The SMILES string of the molecule is CC1(C)Cc2[nH]nc(C(=O)O)c2CC1OCc1ccccc1. The molecule has 22 heavy (non-hydrogen) atoms. The van der Waals surface area contributed by atoms with Crippen molar-refractivity contribution in [3.05, 3.63) is 52.8 Å². The Labute approximate surface area is 129 Å². The molecule has 2 N–H and O–H groups in total. The monoisotopic (exact) mass is 300 g/mol. The summed E-state index contributed by atoms with van der Waals surface area (Å²) in [7, 11) is 0. The molecule has 5 heteroatoms. The molecule has 0 bridgehead atoms. The van der Waals surface area contributed by atoms with Crippen LogP contribution in [0.25, 0.3) is 0 Å². The first-order valence-electron chi connectivity index (χ1n) is 7.42. The number of carboxylic acid groups (broad SMARTS) is 1. The van der Waals surface area contributed by atoms with Crippen molar-refractivity contribution in [2.45, 2.75) is 39.4 Å². The van der Waals surface area contributed by atoms with Gasteiger partial charge in [-0.3, -0.25) is 5.10 Å². The Bertz CT molecular complexity index is 676. The molecule has 1 heterocycles. The highest BCUT2D eigenvalue weighted by molar-refractivity contribution is 5.87. The predicted octanol–water partition coefficient (Wildman–Crippen LogP) is 2.82. The van der Waals surface area contributed by atoms with Gasteiger partial charge in [0.25, 0.3) is 0 Å². The molecule has 1 aromatic heterocycles. The molecule has 1 unspecified atom stereocenters. The van der Waals surface area contributed by atoms with E-state index >= 15 is 0 Å². The Morgan fingerprint density at radius 2 is 2.14 bits per heavy atom. The van der Waals surface area contributed by atoms with Crippen molar-refractivity contribution in [2.24, 2.45) is 5.41 Å². The number of aromatic amines is 1. The Morgan fingerprint density at radius 3 is 2.82 bits per heavy atom. The third-order valence-electron chi connectivity index (χ3n) is 4.34. The smallest absolute Gasteiger partial charge is 0.356 e. The van der Waals surface area contributed by atoms with Crippen LogP contribution in [0.4, 0.5) is 0 Å². The maximum Gasteiger partial charge on any atom is 0.356 e. The summed E-state index contributed by atoms with van der Waals surface area (Å²) in [5.41, 5.74) is 2.88. The highest BCUT2D eigenvalue weighted by Gasteiger charge is 2.39. The fraction of sp³-hybridized carbons (Fsp3) is 0.412. The molecule has 1 aromatic carbocycles. The molecular formula is C17H20N2O3. The van der Waals surface area contributed by atoms with Gasteiger partial charge < -0.3 is 9.84 Å². The minimum atomic E-state index is -0.987.